The number of piperidine rings is 1. The van der Waals surface area contributed by atoms with Crippen LogP contribution in [0.25, 0.3) is 11.0 Å². The maximum atomic E-state index is 12.0. The van der Waals surface area contributed by atoms with Crippen LogP contribution in [0.4, 0.5) is 10.6 Å². The fraction of sp³-hybridized carbons (Fsp3) is 0.684. The van der Waals surface area contributed by atoms with E-state index in [0.29, 0.717) is 19.7 Å². The van der Waals surface area contributed by atoms with Crippen molar-refractivity contribution in [1.82, 2.24) is 24.6 Å². The number of nitrogens with zero attached hydrogens (tertiary/aromatic N) is 6. The van der Waals surface area contributed by atoms with E-state index in [1.807, 2.05) is 17.8 Å². The summed E-state index contributed by atoms with van der Waals surface area (Å²) >= 11 is 6.31. The van der Waals surface area contributed by atoms with Crippen molar-refractivity contribution in [1.29, 1.82) is 0 Å². The zero-order valence-corrected chi connectivity index (χ0v) is 17.2. The second-order valence-electron chi connectivity index (χ2n) is 7.92. The van der Waals surface area contributed by atoms with E-state index in [2.05, 4.69) is 20.0 Å². The molecule has 5 rings (SSSR count). The predicted octanol–water partition coefficient (Wildman–Crippen LogP) is 2.64. The Balaban J connectivity index is 1.39. The summed E-state index contributed by atoms with van der Waals surface area (Å²) in [4.78, 5) is 25.0. The Morgan fingerprint density at radius 2 is 1.93 bits per heavy atom. The van der Waals surface area contributed by atoms with Crippen LogP contribution >= 0.6 is 11.6 Å². The number of aromatic nitrogens is 4. The summed E-state index contributed by atoms with van der Waals surface area (Å²) < 4.78 is 13.0. The van der Waals surface area contributed by atoms with E-state index < -0.39 is 0 Å². The molecular formula is C19H25ClN6O3. The molecule has 9 nitrogen and oxygen atoms in total. The largest absolute Gasteiger partial charge is 0.450 e. The van der Waals surface area contributed by atoms with Gasteiger partial charge in [-0.25, -0.2) is 9.48 Å². The molecule has 3 saturated heterocycles. The van der Waals surface area contributed by atoms with Crippen LogP contribution in [0.3, 0.4) is 0 Å². The molecule has 2 aromatic heterocycles. The number of hydrogen-bond donors (Lipinski definition) is 0. The number of likely N-dealkylation sites (tertiary alicyclic amines) is 1. The Bertz CT molecular complexity index is 901. The average Bonchev–Trinajstić information content (AvgIpc) is 3.30. The minimum absolute atomic E-state index is 0.165. The average molecular weight is 421 g/mol. The Labute approximate surface area is 173 Å². The molecule has 5 heterocycles. The Morgan fingerprint density at radius 1 is 1.21 bits per heavy atom. The standard InChI is InChI=1S/C19H25ClN6O3/c1-2-28-19(27)24-7-5-12(6-8-24)26-17-15(9-21-26)16(22-18(20)23-17)25-10-13-3-4-14(11-25)29-13/h9,12-14H,2-8,10-11H2,1H3. The van der Waals surface area contributed by atoms with Crippen molar-refractivity contribution in [2.75, 3.05) is 37.7 Å². The SMILES string of the molecule is CCOC(=O)N1CCC(n2ncc3c(N4CC5CCC(C4)O5)nc(Cl)nc32)CC1. The van der Waals surface area contributed by atoms with Gasteiger partial charge in [0.1, 0.15) is 5.82 Å². The molecule has 0 aliphatic carbocycles. The van der Waals surface area contributed by atoms with Crippen molar-refractivity contribution in [3.63, 3.8) is 0 Å². The van der Waals surface area contributed by atoms with Crippen LogP contribution in [0.2, 0.25) is 5.28 Å². The van der Waals surface area contributed by atoms with Crippen LogP contribution < -0.4 is 4.90 Å². The molecule has 0 N–H and O–H groups in total. The van der Waals surface area contributed by atoms with Crippen molar-refractivity contribution in [2.45, 2.75) is 50.9 Å². The van der Waals surface area contributed by atoms with Gasteiger partial charge in [-0.2, -0.15) is 15.1 Å². The predicted molar refractivity (Wildman–Crippen MR) is 107 cm³/mol. The van der Waals surface area contributed by atoms with Crippen LogP contribution in [0, 0.1) is 0 Å². The fourth-order valence-electron chi connectivity index (χ4n) is 4.69. The van der Waals surface area contributed by atoms with Gasteiger partial charge < -0.3 is 19.3 Å². The third-order valence-electron chi connectivity index (χ3n) is 6.09. The molecule has 2 atom stereocenters. The highest BCUT2D eigenvalue weighted by molar-refractivity contribution is 6.28. The lowest BCUT2D eigenvalue weighted by Crippen LogP contribution is -2.43. The van der Waals surface area contributed by atoms with Crippen molar-refractivity contribution >= 4 is 34.5 Å². The number of carbonyl (C=O) groups is 1. The molecule has 2 unspecified atom stereocenters. The molecule has 0 aromatic carbocycles. The summed E-state index contributed by atoms with van der Waals surface area (Å²) in [5, 5.41) is 5.79. The molecule has 156 valence electrons. The van der Waals surface area contributed by atoms with Crippen molar-refractivity contribution in [2.24, 2.45) is 0 Å². The summed E-state index contributed by atoms with van der Waals surface area (Å²) in [6.45, 7) is 5.14. The van der Waals surface area contributed by atoms with Gasteiger partial charge in [-0.05, 0) is 44.2 Å². The first-order chi connectivity index (χ1) is 14.1. The van der Waals surface area contributed by atoms with E-state index in [1.165, 1.54) is 0 Å². The van der Waals surface area contributed by atoms with Gasteiger partial charge in [-0.1, -0.05) is 0 Å². The molecule has 1 amide bonds. The topological polar surface area (TPSA) is 85.6 Å². The normalized spacial score (nSPS) is 25.0. The molecule has 0 spiro atoms. The monoisotopic (exact) mass is 420 g/mol. The molecule has 2 bridgehead atoms. The Morgan fingerprint density at radius 3 is 2.62 bits per heavy atom. The van der Waals surface area contributed by atoms with E-state index in [0.717, 1.165) is 55.6 Å². The number of morpholine rings is 1. The van der Waals surface area contributed by atoms with Crippen LogP contribution in [0.5, 0.6) is 0 Å². The molecule has 2 aromatic rings. The molecule has 10 heteroatoms. The number of amides is 1. The summed E-state index contributed by atoms with van der Waals surface area (Å²) in [5.41, 5.74) is 0.758. The first-order valence-corrected chi connectivity index (χ1v) is 10.7. The minimum atomic E-state index is -0.245. The molecular weight excluding hydrogens is 396 g/mol. The van der Waals surface area contributed by atoms with Gasteiger partial charge in [0.25, 0.3) is 0 Å². The third-order valence-corrected chi connectivity index (χ3v) is 6.25. The molecule has 3 aliphatic rings. The maximum Gasteiger partial charge on any atom is 0.409 e. The van der Waals surface area contributed by atoms with E-state index in [4.69, 9.17) is 21.1 Å². The van der Waals surface area contributed by atoms with Gasteiger partial charge in [0, 0.05) is 26.2 Å². The smallest absolute Gasteiger partial charge is 0.409 e. The number of fused-ring (bicyclic) bond motifs is 3. The molecule has 3 fully saturated rings. The number of anilines is 1. The molecule has 29 heavy (non-hydrogen) atoms. The molecule has 0 radical (unpaired) electrons. The zero-order valence-electron chi connectivity index (χ0n) is 16.5. The summed E-state index contributed by atoms with van der Waals surface area (Å²) in [5.74, 6) is 0.843. The highest BCUT2D eigenvalue weighted by atomic mass is 35.5. The molecule has 3 aliphatic heterocycles. The van der Waals surface area contributed by atoms with Crippen LogP contribution in [-0.2, 0) is 9.47 Å². The summed E-state index contributed by atoms with van der Waals surface area (Å²) in [6.07, 6.45) is 5.92. The molecule has 0 saturated carbocycles. The van der Waals surface area contributed by atoms with E-state index in [1.54, 1.807) is 4.90 Å². The maximum absolute atomic E-state index is 12.0. The second-order valence-corrected chi connectivity index (χ2v) is 8.26. The van der Waals surface area contributed by atoms with Crippen LogP contribution in [-0.4, -0.2) is 75.7 Å². The van der Waals surface area contributed by atoms with Crippen molar-refractivity contribution in [3.05, 3.63) is 11.5 Å². The van der Waals surface area contributed by atoms with Crippen molar-refractivity contribution < 1.29 is 14.3 Å². The number of rotatable bonds is 3. The highest BCUT2D eigenvalue weighted by Gasteiger charge is 2.35. The zero-order chi connectivity index (χ0) is 20.0. The van der Waals surface area contributed by atoms with E-state index in [-0.39, 0.29) is 29.6 Å². The fourth-order valence-corrected chi connectivity index (χ4v) is 4.85. The number of hydrogen-bond acceptors (Lipinski definition) is 7. The van der Waals surface area contributed by atoms with E-state index in [9.17, 15) is 4.79 Å². The minimum Gasteiger partial charge on any atom is -0.450 e. The third kappa shape index (κ3) is 3.50. The van der Waals surface area contributed by atoms with Gasteiger partial charge in [0.15, 0.2) is 5.65 Å². The quantitative estimate of drug-likeness (QED) is 0.705. The first kappa shape index (κ1) is 18.9. The van der Waals surface area contributed by atoms with Gasteiger partial charge in [0.2, 0.25) is 5.28 Å². The van der Waals surface area contributed by atoms with Gasteiger partial charge in [0.05, 0.1) is 36.4 Å². The lowest BCUT2D eigenvalue weighted by molar-refractivity contribution is 0.0303. The van der Waals surface area contributed by atoms with Crippen LogP contribution in [0.1, 0.15) is 38.6 Å². The summed E-state index contributed by atoms with van der Waals surface area (Å²) in [6, 6.07) is 0.165. The van der Waals surface area contributed by atoms with Crippen LogP contribution in [0.15, 0.2) is 6.20 Å². The Kier molecular flexibility index (Phi) is 4.95. The Hall–Kier alpha value is -2.13. The number of ether oxygens (including phenoxy) is 2. The van der Waals surface area contributed by atoms with Gasteiger partial charge in [-0.3, -0.25) is 0 Å². The second kappa shape index (κ2) is 7.60. The van der Waals surface area contributed by atoms with Gasteiger partial charge in [-0.15, -0.1) is 0 Å². The highest BCUT2D eigenvalue weighted by Crippen LogP contribution is 2.34. The lowest BCUT2D eigenvalue weighted by Gasteiger charge is -2.33. The van der Waals surface area contributed by atoms with E-state index >= 15 is 0 Å². The summed E-state index contributed by atoms with van der Waals surface area (Å²) in [7, 11) is 0. The van der Waals surface area contributed by atoms with Gasteiger partial charge >= 0.3 is 6.09 Å². The number of halogens is 1. The van der Waals surface area contributed by atoms with Crippen molar-refractivity contribution in [3.8, 4) is 0 Å². The lowest BCUT2D eigenvalue weighted by atomic mass is 10.1. The number of carbonyl (C=O) groups excluding carboxylic acids is 1. The first-order valence-electron chi connectivity index (χ1n) is 10.3.